The van der Waals surface area contributed by atoms with E-state index in [1.54, 1.807) is 12.3 Å². The third kappa shape index (κ3) is 4.08. The van der Waals surface area contributed by atoms with Crippen LogP contribution in [0.1, 0.15) is 20.8 Å². The van der Waals surface area contributed by atoms with Gasteiger partial charge in [0.1, 0.15) is 5.75 Å². The molecule has 0 saturated heterocycles. The lowest BCUT2D eigenvalue weighted by Gasteiger charge is -2.18. The van der Waals surface area contributed by atoms with Gasteiger partial charge in [0.25, 0.3) is 0 Å². The smallest absolute Gasteiger partial charge is 0.155 e. The van der Waals surface area contributed by atoms with E-state index in [-0.39, 0.29) is 5.41 Å². The second-order valence-corrected chi connectivity index (χ2v) is 4.45. The van der Waals surface area contributed by atoms with Crippen LogP contribution in [0.3, 0.4) is 0 Å². The predicted molar refractivity (Wildman–Crippen MR) is 52.0 cm³/mol. The molecule has 0 amide bonds. The van der Waals surface area contributed by atoms with E-state index in [9.17, 15) is 0 Å². The van der Waals surface area contributed by atoms with Crippen LogP contribution in [0.5, 0.6) is 5.75 Å². The summed E-state index contributed by atoms with van der Waals surface area (Å²) in [5.74, 6) is 0.662. The quantitative estimate of drug-likeness (QED) is 0.736. The Labute approximate surface area is 83.1 Å². The normalized spacial score (nSPS) is 11.4. The Morgan fingerprint density at radius 2 is 2.15 bits per heavy atom. The van der Waals surface area contributed by atoms with Crippen molar-refractivity contribution in [1.29, 1.82) is 0 Å². The van der Waals surface area contributed by atoms with Gasteiger partial charge in [-0.05, 0) is 5.41 Å². The van der Waals surface area contributed by atoms with Crippen molar-refractivity contribution in [3.8, 4) is 5.75 Å². The molecule has 4 heteroatoms. The van der Waals surface area contributed by atoms with Crippen molar-refractivity contribution in [2.24, 2.45) is 5.41 Å². The van der Waals surface area contributed by atoms with E-state index in [0.29, 0.717) is 17.5 Å². The van der Waals surface area contributed by atoms with Crippen molar-refractivity contribution in [3.63, 3.8) is 0 Å². The molecule has 3 nitrogen and oxygen atoms in total. The third-order valence-electron chi connectivity index (χ3n) is 1.27. The van der Waals surface area contributed by atoms with Gasteiger partial charge in [-0.2, -0.15) is 5.10 Å². The Morgan fingerprint density at radius 3 is 2.69 bits per heavy atom. The van der Waals surface area contributed by atoms with Crippen molar-refractivity contribution >= 4 is 11.6 Å². The van der Waals surface area contributed by atoms with E-state index in [4.69, 9.17) is 16.3 Å². The first kappa shape index (κ1) is 10.3. The summed E-state index contributed by atoms with van der Waals surface area (Å²) in [6, 6.07) is 1.65. The Kier molecular flexibility index (Phi) is 3.09. The summed E-state index contributed by atoms with van der Waals surface area (Å²) in [6.45, 7) is 6.94. The molecule has 72 valence electrons. The average Bonchev–Trinajstić information content (AvgIpc) is 2.00. The molecule has 0 unspecified atom stereocenters. The SMILES string of the molecule is CC(C)(C)COc1cnnc(Cl)c1. The van der Waals surface area contributed by atoms with Gasteiger partial charge in [0.15, 0.2) is 5.15 Å². The molecule has 0 fully saturated rings. The van der Waals surface area contributed by atoms with Gasteiger partial charge in [0.05, 0.1) is 12.8 Å². The molecule has 0 aliphatic carbocycles. The summed E-state index contributed by atoms with van der Waals surface area (Å²) in [7, 11) is 0. The van der Waals surface area contributed by atoms with E-state index in [1.807, 2.05) is 0 Å². The van der Waals surface area contributed by atoms with Gasteiger partial charge in [-0.3, -0.25) is 0 Å². The van der Waals surface area contributed by atoms with Gasteiger partial charge in [-0.15, -0.1) is 5.10 Å². The molecule has 0 aliphatic heterocycles. The van der Waals surface area contributed by atoms with Crippen LogP contribution in [0.2, 0.25) is 5.15 Å². The zero-order chi connectivity index (χ0) is 9.90. The topological polar surface area (TPSA) is 35.0 Å². The minimum Gasteiger partial charge on any atom is -0.491 e. The number of nitrogens with zero attached hydrogens (tertiary/aromatic N) is 2. The van der Waals surface area contributed by atoms with Crippen molar-refractivity contribution < 1.29 is 4.74 Å². The van der Waals surface area contributed by atoms with E-state index >= 15 is 0 Å². The molecular formula is C9H13ClN2O. The first-order chi connectivity index (χ1) is 5.97. The van der Waals surface area contributed by atoms with Crippen LogP contribution in [0.15, 0.2) is 12.3 Å². The van der Waals surface area contributed by atoms with Crippen molar-refractivity contribution in [1.82, 2.24) is 10.2 Å². The van der Waals surface area contributed by atoms with Crippen LogP contribution < -0.4 is 4.74 Å². The molecule has 1 aromatic rings. The molecule has 0 aromatic carbocycles. The highest BCUT2D eigenvalue weighted by Crippen LogP contribution is 2.18. The lowest BCUT2D eigenvalue weighted by Crippen LogP contribution is -2.16. The van der Waals surface area contributed by atoms with Gasteiger partial charge in [0.2, 0.25) is 0 Å². The first-order valence-electron chi connectivity index (χ1n) is 4.08. The molecular weight excluding hydrogens is 188 g/mol. The molecule has 1 rings (SSSR count). The van der Waals surface area contributed by atoms with Crippen LogP contribution in [0, 0.1) is 5.41 Å². The third-order valence-corrected chi connectivity index (χ3v) is 1.46. The number of hydrogen-bond acceptors (Lipinski definition) is 3. The van der Waals surface area contributed by atoms with E-state index in [2.05, 4.69) is 31.0 Å². The standard InChI is InChI=1S/C9H13ClN2O/c1-9(2,3)6-13-7-4-8(10)12-11-5-7/h4-5H,6H2,1-3H3. The van der Waals surface area contributed by atoms with Crippen molar-refractivity contribution in [2.45, 2.75) is 20.8 Å². The number of rotatable bonds is 2. The summed E-state index contributed by atoms with van der Waals surface area (Å²) < 4.78 is 5.46. The average molecular weight is 201 g/mol. The van der Waals surface area contributed by atoms with Crippen LogP contribution in [-0.2, 0) is 0 Å². The van der Waals surface area contributed by atoms with Gasteiger partial charge >= 0.3 is 0 Å². The lowest BCUT2D eigenvalue weighted by molar-refractivity contribution is 0.197. The monoisotopic (exact) mass is 200 g/mol. The molecule has 0 saturated carbocycles. The van der Waals surface area contributed by atoms with Gasteiger partial charge in [-0.1, -0.05) is 32.4 Å². The molecule has 0 atom stereocenters. The molecule has 0 aliphatic rings. The minimum atomic E-state index is 0.135. The van der Waals surface area contributed by atoms with Gasteiger partial charge < -0.3 is 4.74 Å². The summed E-state index contributed by atoms with van der Waals surface area (Å²) in [6.07, 6.45) is 1.55. The Morgan fingerprint density at radius 1 is 1.46 bits per heavy atom. The highest BCUT2D eigenvalue weighted by Gasteiger charge is 2.11. The second kappa shape index (κ2) is 3.92. The van der Waals surface area contributed by atoms with Gasteiger partial charge in [-0.25, -0.2) is 0 Å². The maximum atomic E-state index is 5.64. The maximum absolute atomic E-state index is 5.64. The molecule has 0 bridgehead atoms. The van der Waals surface area contributed by atoms with Gasteiger partial charge in [0, 0.05) is 6.07 Å². The van der Waals surface area contributed by atoms with Crippen LogP contribution in [0.4, 0.5) is 0 Å². The summed E-state index contributed by atoms with van der Waals surface area (Å²) in [5, 5.41) is 7.65. The molecule has 0 spiro atoms. The Bertz CT molecular complexity index is 283. The van der Waals surface area contributed by atoms with Crippen LogP contribution in [-0.4, -0.2) is 16.8 Å². The maximum Gasteiger partial charge on any atom is 0.155 e. The highest BCUT2D eigenvalue weighted by molar-refractivity contribution is 6.29. The minimum absolute atomic E-state index is 0.135. The molecule has 1 heterocycles. The largest absolute Gasteiger partial charge is 0.491 e. The Balaban J connectivity index is 2.55. The van der Waals surface area contributed by atoms with E-state index < -0.39 is 0 Å². The number of ether oxygens (including phenoxy) is 1. The summed E-state index contributed by atoms with van der Waals surface area (Å²) in [4.78, 5) is 0. The van der Waals surface area contributed by atoms with Crippen molar-refractivity contribution in [3.05, 3.63) is 17.4 Å². The zero-order valence-electron chi connectivity index (χ0n) is 8.04. The second-order valence-electron chi connectivity index (χ2n) is 4.06. The van der Waals surface area contributed by atoms with Crippen molar-refractivity contribution in [2.75, 3.05) is 6.61 Å². The van der Waals surface area contributed by atoms with E-state index in [0.717, 1.165) is 0 Å². The number of hydrogen-bond donors (Lipinski definition) is 0. The molecule has 0 N–H and O–H groups in total. The molecule has 1 aromatic heterocycles. The fourth-order valence-corrected chi connectivity index (χ4v) is 0.854. The van der Waals surface area contributed by atoms with Crippen LogP contribution >= 0.6 is 11.6 Å². The van der Waals surface area contributed by atoms with E-state index in [1.165, 1.54) is 0 Å². The van der Waals surface area contributed by atoms with Crippen LogP contribution in [0.25, 0.3) is 0 Å². The predicted octanol–water partition coefficient (Wildman–Crippen LogP) is 2.55. The fraction of sp³-hybridized carbons (Fsp3) is 0.556. The molecule has 0 radical (unpaired) electrons. The number of halogens is 1. The Hall–Kier alpha value is -0.830. The summed E-state index contributed by atoms with van der Waals surface area (Å²) in [5.41, 5.74) is 0.135. The number of aromatic nitrogens is 2. The molecule has 13 heavy (non-hydrogen) atoms. The summed E-state index contributed by atoms with van der Waals surface area (Å²) >= 11 is 5.64. The zero-order valence-corrected chi connectivity index (χ0v) is 8.80. The first-order valence-corrected chi connectivity index (χ1v) is 4.46. The lowest BCUT2D eigenvalue weighted by atomic mass is 9.99. The highest BCUT2D eigenvalue weighted by atomic mass is 35.5. The fourth-order valence-electron chi connectivity index (χ4n) is 0.703.